The first-order chi connectivity index (χ1) is 9.66. The number of anilines is 1. The molecule has 3 rings (SSSR count). The van der Waals surface area contributed by atoms with Crippen LogP contribution in [0.4, 0.5) is 5.82 Å². The van der Waals surface area contributed by atoms with Crippen molar-refractivity contribution in [2.24, 2.45) is 14.1 Å². The molecule has 106 valence electrons. The number of hydrogen-bond acceptors (Lipinski definition) is 2. The largest absolute Gasteiger partial charge is 0.299 e. The van der Waals surface area contributed by atoms with Gasteiger partial charge in [-0.25, -0.2) is 4.68 Å². The fourth-order valence-corrected chi connectivity index (χ4v) is 2.83. The van der Waals surface area contributed by atoms with Crippen molar-refractivity contribution in [1.82, 2.24) is 9.58 Å². The molecule has 0 amide bonds. The zero-order chi connectivity index (χ0) is 14.1. The third-order valence-electron chi connectivity index (χ3n) is 4.29. The molecule has 0 radical (unpaired) electrons. The van der Waals surface area contributed by atoms with Gasteiger partial charge in [0.25, 0.3) is 5.82 Å². The Kier molecular flexibility index (Phi) is 3.49. The fraction of sp³-hybridized carbons (Fsp3) is 0.438. The molecule has 1 fully saturated rings. The number of hydrogen-bond donors (Lipinski definition) is 0. The lowest BCUT2D eigenvalue weighted by Gasteiger charge is -2.27. The molecular weight excluding hydrogens is 248 g/mol. The smallest absolute Gasteiger partial charge is 0.297 e. The molecule has 0 aliphatic carbocycles. The van der Waals surface area contributed by atoms with E-state index in [2.05, 4.69) is 76.7 Å². The molecule has 0 atom stereocenters. The highest BCUT2D eigenvalue weighted by atomic mass is 15.4. The van der Waals surface area contributed by atoms with Gasteiger partial charge in [0.1, 0.15) is 7.05 Å². The van der Waals surface area contributed by atoms with Gasteiger partial charge < -0.3 is 0 Å². The number of aromatic nitrogens is 2. The van der Waals surface area contributed by atoms with E-state index < -0.39 is 0 Å². The van der Waals surface area contributed by atoms with Gasteiger partial charge in [0.15, 0.2) is 0 Å². The monoisotopic (exact) mass is 271 g/mol. The summed E-state index contributed by atoms with van der Waals surface area (Å²) >= 11 is 0. The molecule has 0 saturated carbocycles. The third kappa shape index (κ3) is 2.31. The van der Waals surface area contributed by atoms with Crippen LogP contribution in [0.2, 0.25) is 0 Å². The van der Waals surface area contributed by atoms with E-state index in [4.69, 9.17) is 0 Å². The zero-order valence-corrected chi connectivity index (χ0v) is 12.6. The highest BCUT2D eigenvalue weighted by Gasteiger charge is 2.26. The maximum Gasteiger partial charge on any atom is 0.297 e. The Labute approximate surface area is 120 Å². The van der Waals surface area contributed by atoms with Crippen LogP contribution in [-0.4, -0.2) is 42.8 Å². The molecule has 0 spiro atoms. The summed E-state index contributed by atoms with van der Waals surface area (Å²) in [7, 11) is 6.46. The molecule has 1 aromatic heterocycles. The first-order valence-corrected chi connectivity index (χ1v) is 7.22. The maximum atomic E-state index is 2.48. The van der Waals surface area contributed by atoms with Crippen LogP contribution in [0.5, 0.6) is 0 Å². The van der Waals surface area contributed by atoms with Crippen LogP contribution in [0.15, 0.2) is 36.4 Å². The summed E-state index contributed by atoms with van der Waals surface area (Å²) in [6.45, 7) is 4.47. The first kappa shape index (κ1) is 13.2. The van der Waals surface area contributed by atoms with Crippen molar-refractivity contribution in [2.75, 3.05) is 38.1 Å². The van der Waals surface area contributed by atoms with Gasteiger partial charge in [0.05, 0.1) is 24.8 Å². The second-order valence-electron chi connectivity index (χ2n) is 5.59. The number of rotatable bonds is 2. The number of nitrogens with zero attached hydrogens (tertiary/aromatic N) is 4. The van der Waals surface area contributed by atoms with E-state index in [-0.39, 0.29) is 0 Å². The lowest BCUT2D eigenvalue weighted by molar-refractivity contribution is -0.738. The van der Waals surface area contributed by atoms with E-state index in [9.17, 15) is 0 Å². The van der Waals surface area contributed by atoms with Gasteiger partial charge in [-0.1, -0.05) is 30.3 Å². The minimum Gasteiger partial charge on any atom is -0.299 e. The minimum absolute atomic E-state index is 1.10. The Bertz CT molecular complexity index is 580. The lowest BCUT2D eigenvalue weighted by atomic mass is 10.1. The van der Waals surface area contributed by atoms with Gasteiger partial charge in [0, 0.05) is 25.7 Å². The van der Waals surface area contributed by atoms with Crippen LogP contribution >= 0.6 is 0 Å². The summed E-state index contributed by atoms with van der Waals surface area (Å²) in [5.74, 6) is 1.31. The summed E-state index contributed by atoms with van der Waals surface area (Å²) in [4.78, 5) is 4.87. The molecule has 0 N–H and O–H groups in total. The maximum absolute atomic E-state index is 2.48. The van der Waals surface area contributed by atoms with Crippen molar-refractivity contribution in [3.63, 3.8) is 0 Å². The van der Waals surface area contributed by atoms with Gasteiger partial charge in [-0.3, -0.25) is 9.80 Å². The van der Waals surface area contributed by atoms with E-state index in [0.717, 1.165) is 26.2 Å². The van der Waals surface area contributed by atoms with Crippen molar-refractivity contribution >= 4 is 5.82 Å². The highest BCUT2D eigenvalue weighted by Crippen LogP contribution is 2.22. The first-order valence-electron chi connectivity index (χ1n) is 7.22. The molecule has 20 heavy (non-hydrogen) atoms. The van der Waals surface area contributed by atoms with Gasteiger partial charge in [-0.2, -0.15) is 4.68 Å². The van der Waals surface area contributed by atoms with Crippen LogP contribution in [0.25, 0.3) is 11.3 Å². The Morgan fingerprint density at radius 3 is 2.25 bits per heavy atom. The lowest BCUT2D eigenvalue weighted by Crippen LogP contribution is -2.50. The Morgan fingerprint density at radius 2 is 1.60 bits per heavy atom. The highest BCUT2D eigenvalue weighted by molar-refractivity contribution is 5.62. The number of likely N-dealkylation sites (N-methyl/N-ethyl adjacent to an activating group) is 1. The second kappa shape index (κ2) is 5.29. The molecule has 2 heterocycles. The summed E-state index contributed by atoms with van der Waals surface area (Å²) in [5.41, 5.74) is 2.54. The molecule has 1 aromatic carbocycles. The van der Waals surface area contributed by atoms with Gasteiger partial charge >= 0.3 is 0 Å². The normalized spacial score (nSPS) is 16.6. The molecule has 2 aromatic rings. The molecule has 0 bridgehead atoms. The quantitative estimate of drug-likeness (QED) is 0.764. The van der Waals surface area contributed by atoms with E-state index >= 15 is 0 Å². The molecule has 1 aliphatic heterocycles. The third-order valence-corrected chi connectivity index (χ3v) is 4.29. The minimum atomic E-state index is 1.10. The van der Waals surface area contributed by atoms with Crippen LogP contribution in [0.1, 0.15) is 0 Å². The summed E-state index contributed by atoms with van der Waals surface area (Å²) in [5, 5.41) is 0. The average molecular weight is 271 g/mol. The molecule has 1 saturated heterocycles. The summed E-state index contributed by atoms with van der Waals surface area (Å²) in [6.07, 6.45) is 0. The Morgan fingerprint density at radius 1 is 0.950 bits per heavy atom. The van der Waals surface area contributed by atoms with Crippen molar-refractivity contribution in [1.29, 1.82) is 0 Å². The van der Waals surface area contributed by atoms with Crippen molar-refractivity contribution < 1.29 is 4.68 Å². The Hall–Kier alpha value is -1.81. The van der Waals surface area contributed by atoms with Crippen LogP contribution in [0, 0.1) is 0 Å². The average Bonchev–Trinajstić information content (AvgIpc) is 2.77. The summed E-state index contributed by atoms with van der Waals surface area (Å²) < 4.78 is 4.47. The fourth-order valence-electron chi connectivity index (χ4n) is 2.83. The predicted molar refractivity (Wildman–Crippen MR) is 81.7 cm³/mol. The van der Waals surface area contributed by atoms with Crippen LogP contribution in [0.3, 0.4) is 0 Å². The standard InChI is InChI=1S/C16H23N4/c1-17-9-11-20(12-10-17)16-13-15(18(2)19(16)3)14-7-5-4-6-8-14/h4-8,13H,9-12H2,1-3H3/q+1. The van der Waals surface area contributed by atoms with E-state index in [1.165, 1.54) is 17.1 Å². The zero-order valence-electron chi connectivity index (χ0n) is 12.6. The van der Waals surface area contributed by atoms with E-state index in [0.29, 0.717) is 0 Å². The van der Waals surface area contributed by atoms with E-state index in [1.54, 1.807) is 0 Å². The Balaban J connectivity index is 1.94. The van der Waals surface area contributed by atoms with Crippen molar-refractivity contribution in [2.45, 2.75) is 0 Å². The van der Waals surface area contributed by atoms with Gasteiger partial charge in [-0.15, -0.1) is 0 Å². The SMILES string of the molecule is CN1CCN(c2cc(-c3ccccc3)n(C)[n+]2C)CC1. The predicted octanol–water partition coefficient (Wildman–Crippen LogP) is 1.27. The van der Waals surface area contributed by atoms with Crippen molar-refractivity contribution in [3.8, 4) is 11.3 Å². The molecular formula is C16H23N4+. The molecule has 4 heteroatoms. The van der Waals surface area contributed by atoms with Crippen molar-refractivity contribution in [3.05, 3.63) is 36.4 Å². The number of piperazine rings is 1. The van der Waals surface area contributed by atoms with Gasteiger partial charge in [-0.05, 0) is 7.05 Å². The van der Waals surface area contributed by atoms with Gasteiger partial charge in [0.2, 0.25) is 0 Å². The molecule has 1 aliphatic rings. The molecule has 0 unspecified atom stereocenters. The summed E-state index contributed by atoms with van der Waals surface area (Å²) in [6, 6.07) is 12.9. The second-order valence-corrected chi connectivity index (χ2v) is 5.59. The topological polar surface area (TPSA) is 15.3 Å². The number of benzene rings is 1. The van der Waals surface area contributed by atoms with E-state index in [1.807, 2.05) is 0 Å². The van der Waals surface area contributed by atoms with Crippen LogP contribution in [-0.2, 0) is 14.1 Å². The molecule has 4 nitrogen and oxygen atoms in total. The van der Waals surface area contributed by atoms with Crippen LogP contribution < -0.4 is 9.58 Å².